The van der Waals surface area contributed by atoms with Crippen LogP contribution in [0.3, 0.4) is 0 Å². The lowest BCUT2D eigenvalue weighted by Gasteiger charge is -2.26. The Bertz CT molecular complexity index is 1090. The second-order valence-corrected chi connectivity index (χ2v) is 8.56. The van der Waals surface area contributed by atoms with Crippen molar-refractivity contribution < 1.29 is 39.3 Å². The molecule has 0 aliphatic carbocycles. The number of aliphatic hydroxyl groups is 2. The molecule has 2 aromatic rings. The van der Waals surface area contributed by atoms with Gasteiger partial charge in [0.15, 0.2) is 0 Å². The van der Waals surface area contributed by atoms with Crippen LogP contribution in [0.5, 0.6) is 0 Å². The van der Waals surface area contributed by atoms with Crippen molar-refractivity contribution in [3.8, 4) is 0 Å². The Hall–Kier alpha value is -4.23. The number of aliphatic carboxylic acids is 1. The first-order valence-electron chi connectivity index (χ1n) is 12.0. The van der Waals surface area contributed by atoms with Crippen LogP contribution >= 0.6 is 0 Å². The molecule has 0 bridgehead atoms. The minimum atomic E-state index is -1.48. The third-order valence-electron chi connectivity index (χ3n) is 5.66. The van der Waals surface area contributed by atoms with E-state index in [-0.39, 0.29) is 18.5 Å². The van der Waals surface area contributed by atoms with Crippen LogP contribution in [-0.2, 0) is 19.2 Å². The summed E-state index contributed by atoms with van der Waals surface area (Å²) in [5.41, 5.74) is 0.680. The zero-order valence-corrected chi connectivity index (χ0v) is 21.0. The minimum Gasteiger partial charge on any atom is -0.480 e. The van der Waals surface area contributed by atoms with Gasteiger partial charge in [0, 0.05) is 6.20 Å². The number of amides is 4. The monoisotopic (exact) mass is 531 g/mol. The molecular weight excluding hydrogens is 498 g/mol. The van der Waals surface area contributed by atoms with Gasteiger partial charge < -0.3 is 41.6 Å². The highest BCUT2D eigenvalue weighted by atomic mass is 16.4. The summed E-state index contributed by atoms with van der Waals surface area (Å²) in [5, 5.41) is 38.7. The lowest BCUT2D eigenvalue weighted by Crippen LogP contribution is -2.58. The Balaban J connectivity index is 2.13. The van der Waals surface area contributed by atoms with Crippen molar-refractivity contribution in [1.29, 1.82) is 0 Å². The number of benzene rings is 1. The summed E-state index contributed by atoms with van der Waals surface area (Å²) in [7, 11) is 0. The van der Waals surface area contributed by atoms with Crippen LogP contribution in [0.4, 0.5) is 0 Å². The summed E-state index contributed by atoms with van der Waals surface area (Å²) >= 11 is 0. The molecule has 5 unspecified atom stereocenters. The topological polar surface area (TPSA) is 210 Å². The molecule has 0 fully saturated rings. The molecule has 0 aliphatic heterocycles. The quantitative estimate of drug-likeness (QED) is 0.154. The third-order valence-corrected chi connectivity index (χ3v) is 5.66. The molecule has 2 rings (SSSR count). The van der Waals surface area contributed by atoms with Gasteiger partial charge in [-0.3, -0.25) is 19.2 Å². The number of H-pyrrole nitrogens is 1. The number of carboxylic acid groups (broad SMARTS) is 1. The molecule has 5 atom stereocenters. The van der Waals surface area contributed by atoms with Crippen LogP contribution in [0.25, 0.3) is 0 Å². The zero-order chi connectivity index (χ0) is 28.2. The summed E-state index contributed by atoms with van der Waals surface area (Å²) in [6.45, 7) is 2.06. The Kier molecular flexibility index (Phi) is 11.4. The van der Waals surface area contributed by atoms with Gasteiger partial charge in [0.2, 0.25) is 17.7 Å². The van der Waals surface area contributed by atoms with Crippen LogP contribution in [0, 0.1) is 0 Å². The van der Waals surface area contributed by atoms with E-state index >= 15 is 0 Å². The normalized spacial score (nSPS) is 14.7. The highest BCUT2D eigenvalue weighted by Crippen LogP contribution is 2.17. The number of nitrogens with one attached hydrogen (secondary N) is 5. The van der Waals surface area contributed by atoms with Gasteiger partial charge in [0.25, 0.3) is 5.91 Å². The molecule has 206 valence electrons. The van der Waals surface area contributed by atoms with Crippen molar-refractivity contribution in [3.05, 3.63) is 59.9 Å². The highest BCUT2D eigenvalue weighted by molar-refractivity contribution is 5.97. The van der Waals surface area contributed by atoms with Crippen molar-refractivity contribution in [3.63, 3.8) is 0 Å². The van der Waals surface area contributed by atoms with Gasteiger partial charge >= 0.3 is 5.97 Å². The number of hydrogen-bond donors (Lipinski definition) is 8. The first-order chi connectivity index (χ1) is 18.1. The van der Waals surface area contributed by atoms with Crippen molar-refractivity contribution in [1.82, 2.24) is 26.3 Å². The summed E-state index contributed by atoms with van der Waals surface area (Å²) in [4.78, 5) is 64.6. The molecule has 8 N–H and O–H groups in total. The number of rotatable bonds is 14. The summed E-state index contributed by atoms with van der Waals surface area (Å²) < 4.78 is 0. The molecule has 0 spiro atoms. The van der Waals surface area contributed by atoms with E-state index in [2.05, 4.69) is 26.3 Å². The van der Waals surface area contributed by atoms with Gasteiger partial charge in [-0.1, -0.05) is 37.3 Å². The van der Waals surface area contributed by atoms with Gasteiger partial charge in [0.1, 0.15) is 23.8 Å². The maximum absolute atomic E-state index is 13.0. The average molecular weight is 532 g/mol. The fourth-order valence-corrected chi connectivity index (χ4v) is 3.54. The van der Waals surface area contributed by atoms with Gasteiger partial charge in [0.05, 0.1) is 25.2 Å². The second kappa shape index (κ2) is 14.5. The van der Waals surface area contributed by atoms with E-state index in [4.69, 9.17) is 0 Å². The van der Waals surface area contributed by atoms with Crippen LogP contribution in [0.2, 0.25) is 0 Å². The van der Waals surface area contributed by atoms with E-state index in [1.54, 1.807) is 43.3 Å². The molecule has 0 aliphatic rings. The predicted octanol–water partition coefficient (Wildman–Crippen LogP) is -0.802. The number of aromatic amines is 1. The van der Waals surface area contributed by atoms with Gasteiger partial charge in [-0.2, -0.15) is 0 Å². The smallest absolute Gasteiger partial charge is 0.326 e. The summed E-state index contributed by atoms with van der Waals surface area (Å²) in [6.07, 6.45) is 0.0188. The van der Waals surface area contributed by atoms with E-state index in [1.165, 1.54) is 19.2 Å². The Morgan fingerprint density at radius 3 is 2.11 bits per heavy atom. The lowest BCUT2D eigenvalue weighted by atomic mass is 10.0. The number of carbonyl (C=O) groups is 5. The molecular formula is C25H33N5O8. The van der Waals surface area contributed by atoms with Crippen molar-refractivity contribution in [2.45, 2.75) is 57.0 Å². The predicted molar refractivity (Wildman–Crippen MR) is 135 cm³/mol. The van der Waals surface area contributed by atoms with E-state index < -0.39 is 66.5 Å². The first-order valence-corrected chi connectivity index (χ1v) is 12.0. The Labute approximate surface area is 219 Å². The number of hydrogen-bond acceptors (Lipinski definition) is 7. The molecule has 0 saturated heterocycles. The van der Waals surface area contributed by atoms with Crippen LogP contribution < -0.4 is 21.3 Å². The SMILES string of the molecule is CCC(NC(=O)CC(NC(=O)C(CO)NC(=O)C(NC(=O)c1ccc[nH]1)C(C)O)c1ccccc1)C(=O)O. The van der Waals surface area contributed by atoms with Gasteiger partial charge in [-0.25, -0.2) is 4.79 Å². The van der Waals surface area contributed by atoms with Crippen LogP contribution in [0.15, 0.2) is 48.7 Å². The Morgan fingerprint density at radius 2 is 1.58 bits per heavy atom. The van der Waals surface area contributed by atoms with E-state index in [1.807, 2.05) is 0 Å². The standard InChI is InChI=1S/C25H33N5O8/c1-3-16(25(37)38)27-20(33)12-18(15-8-5-4-6-9-15)28-23(35)19(13-31)29-24(36)21(14(2)32)30-22(34)17-10-7-11-26-17/h4-11,14,16,18-19,21,26,31-32H,3,12-13H2,1-2H3,(H,27,33)(H,28,35)(H,29,36)(H,30,34)(H,37,38). The zero-order valence-electron chi connectivity index (χ0n) is 21.0. The molecule has 1 heterocycles. The Morgan fingerprint density at radius 1 is 0.895 bits per heavy atom. The maximum atomic E-state index is 13.0. The summed E-state index contributed by atoms with van der Waals surface area (Å²) in [6, 6.07) is 6.51. The molecule has 4 amide bonds. The minimum absolute atomic E-state index is 0.150. The highest BCUT2D eigenvalue weighted by Gasteiger charge is 2.31. The number of carboxylic acids is 1. The van der Waals surface area contributed by atoms with E-state index in [0.29, 0.717) is 5.56 Å². The molecule has 38 heavy (non-hydrogen) atoms. The average Bonchev–Trinajstić information content (AvgIpc) is 3.43. The molecule has 13 heteroatoms. The number of carbonyl (C=O) groups excluding carboxylic acids is 4. The molecule has 13 nitrogen and oxygen atoms in total. The van der Waals surface area contributed by atoms with Gasteiger partial charge in [-0.15, -0.1) is 0 Å². The summed E-state index contributed by atoms with van der Waals surface area (Å²) in [5.74, 6) is -4.24. The van der Waals surface area contributed by atoms with E-state index in [0.717, 1.165) is 0 Å². The van der Waals surface area contributed by atoms with Gasteiger partial charge in [-0.05, 0) is 31.0 Å². The van der Waals surface area contributed by atoms with Crippen molar-refractivity contribution in [2.24, 2.45) is 0 Å². The number of aliphatic hydroxyl groups excluding tert-OH is 2. The lowest BCUT2D eigenvalue weighted by molar-refractivity contribution is -0.142. The first kappa shape index (κ1) is 30.0. The van der Waals surface area contributed by atoms with Crippen molar-refractivity contribution in [2.75, 3.05) is 6.61 Å². The molecule has 0 saturated carbocycles. The molecule has 0 radical (unpaired) electrons. The largest absolute Gasteiger partial charge is 0.480 e. The number of aromatic nitrogens is 1. The van der Waals surface area contributed by atoms with E-state index in [9.17, 15) is 39.3 Å². The molecule has 1 aromatic carbocycles. The second-order valence-electron chi connectivity index (χ2n) is 8.56. The fraction of sp³-hybridized carbons (Fsp3) is 0.400. The van der Waals surface area contributed by atoms with Crippen molar-refractivity contribution >= 4 is 29.6 Å². The molecule has 1 aromatic heterocycles. The third kappa shape index (κ3) is 8.71. The maximum Gasteiger partial charge on any atom is 0.326 e. The van der Waals surface area contributed by atoms with Crippen LogP contribution in [-0.4, -0.2) is 80.7 Å². The van der Waals surface area contributed by atoms with Crippen LogP contribution in [0.1, 0.15) is 48.8 Å². The fourth-order valence-electron chi connectivity index (χ4n) is 3.54.